The van der Waals surface area contributed by atoms with Gasteiger partial charge in [0.25, 0.3) is 0 Å². The summed E-state index contributed by atoms with van der Waals surface area (Å²) in [5.74, 6) is 0.125. The smallest absolute Gasteiger partial charge is 0.338 e. The van der Waals surface area contributed by atoms with Crippen LogP contribution >= 0.6 is 11.3 Å². The van der Waals surface area contributed by atoms with E-state index in [2.05, 4.69) is 4.98 Å². The van der Waals surface area contributed by atoms with Gasteiger partial charge in [-0.05, 0) is 24.3 Å². The standard InChI is InChI=1S/C13H8N2O4S/c16-8-3-1-2-4-9(8)19-10-5-6-11-12(14-7-20-11)13(10)15(17)18/h1-7,16H. The highest BCUT2D eigenvalue weighted by atomic mass is 32.1. The maximum absolute atomic E-state index is 11.2. The minimum atomic E-state index is -0.530. The number of nitrogens with zero attached hydrogens (tertiary/aromatic N) is 2. The van der Waals surface area contributed by atoms with Gasteiger partial charge in [-0.1, -0.05) is 12.1 Å². The SMILES string of the molecule is O=[N+]([O-])c1c(Oc2ccccc2O)ccc2scnc12. The van der Waals surface area contributed by atoms with Crippen molar-refractivity contribution in [1.29, 1.82) is 0 Å². The van der Waals surface area contributed by atoms with E-state index < -0.39 is 4.92 Å². The maximum atomic E-state index is 11.2. The molecular weight excluding hydrogens is 280 g/mol. The Morgan fingerprint density at radius 3 is 2.75 bits per heavy atom. The van der Waals surface area contributed by atoms with Gasteiger partial charge in [-0.15, -0.1) is 11.3 Å². The molecule has 0 aliphatic carbocycles. The summed E-state index contributed by atoms with van der Waals surface area (Å²) in [6.07, 6.45) is 0. The number of rotatable bonds is 3. The van der Waals surface area contributed by atoms with E-state index in [1.54, 1.807) is 23.7 Å². The van der Waals surface area contributed by atoms with Crippen LogP contribution in [0.15, 0.2) is 41.9 Å². The minimum absolute atomic E-state index is 0.0508. The lowest BCUT2D eigenvalue weighted by atomic mass is 10.2. The zero-order chi connectivity index (χ0) is 14.1. The highest BCUT2D eigenvalue weighted by Crippen LogP contribution is 2.40. The van der Waals surface area contributed by atoms with Crippen LogP contribution in [0.25, 0.3) is 10.2 Å². The van der Waals surface area contributed by atoms with Crippen LogP contribution in [0, 0.1) is 10.1 Å². The Morgan fingerprint density at radius 2 is 2.00 bits per heavy atom. The van der Waals surface area contributed by atoms with Crippen molar-refractivity contribution in [3.05, 3.63) is 52.0 Å². The van der Waals surface area contributed by atoms with Crippen molar-refractivity contribution in [3.8, 4) is 17.2 Å². The van der Waals surface area contributed by atoms with Crippen LogP contribution < -0.4 is 4.74 Å². The second kappa shape index (κ2) is 4.78. The first-order valence-electron chi connectivity index (χ1n) is 5.63. The van der Waals surface area contributed by atoms with E-state index in [4.69, 9.17) is 4.74 Å². The molecule has 0 aliphatic rings. The van der Waals surface area contributed by atoms with Crippen molar-refractivity contribution in [2.24, 2.45) is 0 Å². The molecule has 0 saturated carbocycles. The molecule has 0 amide bonds. The van der Waals surface area contributed by atoms with Crippen LogP contribution in [-0.4, -0.2) is 15.0 Å². The van der Waals surface area contributed by atoms with E-state index in [0.717, 1.165) is 0 Å². The highest BCUT2D eigenvalue weighted by Gasteiger charge is 2.23. The first kappa shape index (κ1) is 12.4. The van der Waals surface area contributed by atoms with E-state index in [-0.39, 0.29) is 28.5 Å². The summed E-state index contributed by atoms with van der Waals surface area (Å²) in [6, 6.07) is 9.50. The van der Waals surface area contributed by atoms with Gasteiger partial charge in [0.2, 0.25) is 5.75 Å². The third-order valence-corrected chi connectivity index (χ3v) is 3.50. The maximum Gasteiger partial charge on any atom is 0.338 e. The number of thiazole rings is 1. The molecule has 0 aliphatic heterocycles. The van der Waals surface area contributed by atoms with Crippen LogP contribution in [0.1, 0.15) is 0 Å². The number of aromatic hydroxyl groups is 1. The lowest BCUT2D eigenvalue weighted by Gasteiger charge is -2.07. The Labute approximate surface area is 117 Å². The molecule has 1 N–H and O–H groups in total. The first-order valence-corrected chi connectivity index (χ1v) is 6.51. The molecule has 3 rings (SSSR count). The topological polar surface area (TPSA) is 85.5 Å². The van der Waals surface area contributed by atoms with Gasteiger partial charge >= 0.3 is 5.69 Å². The highest BCUT2D eigenvalue weighted by molar-refractivity contribution is 7.16. The molecule has 0 bridgehead atoms. The summed E-state index contributed by atoms with van der Waals surface area (Å²) in [6.45, 7) is 0. The van der Waals surface area contributed by atoms with E-state index in [0.29, 0.717) is 4.70 Å². The van der Waals surface area contributed by atoms with Gasteiger partial charge in [0.05, 0.1) is 15.1 Å². The molecule has 3 aromatic rings. The van der Waals surface area contributed by atoms with Gasteiger partial charge in [0, 0.05) is 0 Å². The number of nitro groups is 1. The lowest BCUT2D eigenvalue weighted by molar-refractivity contribution is -0.384. The number of aromatic nitrogens is 1. The normalized spacial score (nSPS) is 10.6. The number of para-hydroxylation sites is 2. The fourth-order valence-corrected chi connectivity index (χ4v) is 2.50. The van der Waals surface area contributed by atoms with Crippen LogP contribution in [0.4, 0.5) is 5.69 Å². The monoisotopic (exact) mass is 288 g/mol. The third-order valence-electron chi connectivity index (χ3n) is 2.71. The largest absolute Gasteiger partial charge is 0.504 e. The number of hydrogen-bond acceptors (Lipinski definition) is 6. The molecule has 0 saturated heterocycles. The van der Waals surface area contributed by atoms with Crippen LogP contribution in [0.3, 0.4) is 0 Å². The van der Waals surface area contributed by atoms with E-state index in [1.807, 2.05) is 0 Å². The molecule has 0 spiro atoms. The van der Waals surface area contributed by atoms with Crippen molar-refractivity contribution >= 4 is 27.2 Å². The molecule has 20 heavy (non-hydrogen) atoms. The molecule has 0 radical (unpaired) electrons. The molecule has 0 fully saturated rings. The summed E-state index contributed by atoms with van der Waals surface area (Å²) in [4.78, 5) is 14.7. The van der Waals surface area contributed by atoms with Gasteiger partial charge < -0.3 is 9.84 Å². The molecule has 1 heterocycles. The third kappa shape index (κ3) is 2.04. The summed E-state index contributed by atoms with van der Waals surface area (Å²) < 4.78 is 6.16. The number of nitro benzene ring substituents is 1. The molecule has 6 nitrogen and oxygen atoms in total. The number of fused-ring (bicyclic) bond motifs is 1. The number of ether oxygens (including phenoxy) is 1. The summed E-state index contributed by atoms with van der Waals surface area (Å²) >= 11 is 1.32. The molecule has 1 aromatic heterocycles. The minimum Gasteiger partial charge on any atom is -0.504 e. The van der Waals surface area contributed by atoms with Gasteiger partial charge in [-0.3, -0.25) is 10.1 Å². The quantitative estimate of drug-likeness (QED) is 0.586. The molecule has 2 aromatic carbocycles. The van der Waals surface area contributed by atoms with Crippen molar-refractivity contribution in [3.63, 3.8) is 0 Å². The Bertz CT molecular complexity index is 800. The summed E-state index contributed by atoms with van der Waals surface area (Å²) in [7, 11) is 0. The van der Waals surface area contributed by atoms with Gasteiger partial charge in [-0.25, -0.2) is 4.98 Å². The molecule has 100 valence electrons. The summed E-state index contributed by atoms with van der Waals surface area (Å²) in [5.41, 5.74) is 1.63. The van der Waals surface area contributed by atoms with Gasteiger partial charge in [0.1, 0.15) is 0 Å². The van der Waals surface area contributed by atoms with Crippen molar-refractivity contribution in [1.82, 2.24) is 4.98 Å². The van der Waals surface area contributed by atoms with Crippen molar-refractivity contribution in [2.45, 2.75) is 0 Å². The number of hydrogen-bond donors (Lipinski definition) is 1. The number of phenols is 1. The predicted molar refractivity (Wildman–Crippen MR) is 74.5 cm³/mol. The number of phenolic OH excluding ortho intramolecular Hbond substituents is 1. The average molecular weight is 288 g/mol. The van der Waals surface area contributed by atoms with E-state index in [9.17, 15) is 15.2 Å². The van der Waals surface area contributed by atoms with E-state index >= 15 is 0 Å². The van der Waals surface area contributed by atoms with Crippen LogP contribution in [0.5, 0.6) is 17.2 Å². The summed E-state index contributed by atoms with van der Waals surface area (Å²) in [5, 5.41) is 20.9. The van der Waals surface area contributed by atoms with Crippen molar-refractivity contribution in [2.75, 3.05) is 0 Å². The van der Waals surface area contributed by atoms with Gasteiger partial charge in [0.15, 0.2) is 17.0 Å². The second-order valence-electron chi connectivity index (χ2n) is 3.94. The fraction of sp³-hybridized carbons (Fsp3) is 0. The zero-order valence-corrected chi connectivity index (χ0v) is 10.8. The molecule has 7 heteroatoms. The second-order valence-corrected chi connectivity index (χ2v) is 4.82. The van der Waals surface area contributed by atoms with Crippen LogP contribution in [-0.2, 0) is 0 Å². The zero-order valence-electron chi connectivity index (χ0n) is 10.0. The van der Waals surface area contributed by atoms with Crippen LogP contribution in [0.2, 0.25) is 0 Å². The Hall–Kier alpha value is -2.67. The molecular formula is C13H8N2O4S. The Kier molecular flexibility index (Phi) is 2.96. The molecule has 0 unspecified atom stereocenters. The fourth-order valence-electron chi connectivity index (χ4n) is 1.82. The lowest BCUT2D eigenvalue weighted by Crippen LogP contribution is -1.94. The average Bonchev–Trinajstić information content (AvgIpc) is 2.88. The number of benzene rings is 2. The van der Waals surface area contributed by atoms with Gasteiger partial charge in [-0.2, -0.15) is 0 Å². The van der Waals surface area contributed by atoms with Crippen molar-refractivity contribution < 1.29 is 14.8 Å². The Balaban J connectivity index is 2.14. The molecule has 0 atom stereocenters. The van der Waals surface area contributed by atoms with E-state index in [1.165, 1.54) is 29.5 Å². The first-order chi connectivity index (χ1) is 9.66. The Morgan fingerprint density at radius 1 is 1.20 bits per heavy atom. The predicted octanol–water partition coefficient (Wildman–Crippen LogP) is 3.70.